The normalized spacial score (nSPS) is 12.3. The van der Waals surface area contributed by atoms with Gasteiger partial charge in [-0.3, -0.25) is 4.79 Å². The van der Waals surface area contributed by atoms with E-state index in [-0.39, 0.29) is 0 Å². The first kappa shape index (κ1) is 14.3. The molecule has 1 rings (SSSR count). The third-order valence-corrected chi connectivity index (χ3v) is 2.34. The van der Waals surface area contributed by atoms with Crippen molar-refractivity contribution in [1.82, 2.24) is 0 Å². The van der Waals surface area contributed by atoms with Gasteiger partial charge in [-0.05, 0) is 0 Å². The summed E-state index contributed by atoms with van der Waals surface area (Å²) in [4.78, 5) is 10.1. The molecule has 18 heavy (non-hydrogen) atoms. The second kappa shape index (κ2) is 4.84. The van der Waals surface area contributed by atoms with Gasteiger partial charge in [0.15, 0.2) is 23.3 Å². The van der Waals surface area contributed by atoms with Gasteiger partial charge in [-0.1, -0.05) is 12.2 Å². The Morgan fingerprint density at radius 2 is 1.22 bits per heavy atom. The lowest BCUT2D eigenvalue weighted by Gasteiger charge is -2.15. The van der Waals surface area contributed by atoms with Crippen molar-refractivity contribution in [2.45, 2.75) is 5.92 Å². The van der Waals surface area contributed by atoms with E-state index in [1.54, 1.807) is 0 Å². The maximum absolute atomic E-state index is 13.3. The predicted octanol–water partition coefficient (Wildman–Crippen LogP) is 1.24. The van der Waals surface area contributed by atoms with Crippen molar-refractivity contribution in [1.29, 1.82) is 0 Å². The van der Waals surface area contributed by atoms with Gasteiger partial charge in [0.05, 0.1) is 4.99 Å². The molecular weight excluding hydrogens is 279 g/mol. The van der Waals surface area contributed by atoms with Crippen LogP contribution in [-0.2, 0) is 4.79 Å². The molecule has 0 aliphatic carbocycles. The molecule has 1 unspecified atom stereocenters. The molecular formula is C9H5F5N2OS. The number of primary amides is 1. The van der Waals surface area contributed by atoms with Gasteiger partial charge in [-0.15, -0.1) is 0 Å². The minimum atomic E-state index is -2.35. The summed E-state index contributed by atoms with van der Waals surface area (Å²) in [6.45, 7) is 0. The molecule has 0 heterocycles. The average Bonchev–Trinajstić information content (AvgIpc) is 2.28. The summed E-state index contributed by atoms with van der Waals surface area (Å²) in [6, 6.07) is 0. The van der Waals surface area contributed by atoms with Crippen molar-refractivity contribution < 1.29 is 26.7 Å². The van der Waals surface area contributed by atoms with Gasteiger partial charge in [-0.2, -0.15) is 0 Å². The van der Waals surface area contributed by atoms with E-state index >= 15 is 0 Å². The molecule has 3 nitrogen and oxygen atoms in total. The molecule has 0 radical (unpaired) electrons. The number of rotatable bonds is 3. The fraction of sp³-hybridized carbons (Fsp3) is 0.111. The lowest BCUT2D eigenvalue weighted by Crippen LogP contribution is -2.34. The van der Waals surface area contributed by atoms with E-state index in [0.717, 1.165) is 0 Å². The number of nitrogens with two attached hydrogens (primary N) is 2. The van der Waals surface area contributed by atoms with Gasteiger partial charge in [0, 0.05) is 5.56 Å². The quantitative estimate of drug-likeness (QED) is 0.380. The lowest BCUT2D eigenvalue weighted by molar-refractivity contribution is -0.118. The van der Waals surface area contributed by atoms with E-state index in [1.165, 1.54) is 0 Å². The molecule has 1 atom stereocenters. The monoisotopic (exact) mass is 284 g/mol. The number of carbonyl (C=O) groups excluding carboxylic acids is 1. The summed E-state index contributed by atoms with van der Waals surface area (Å²) in [5, 5.41) is 0. The standard InChI is InChI=1S/C9H5F5N2OS/c10-3-1(2(8(15)17)9(16)18)4(11)6(13)7(14)5(3)12/h2H,(H2,15,17)(H2,16,18). The van der Waals surface area contributed by atoms with Gasteiger partial charge >= 0.3 is 0 Å². The number of hydrogen-bond acceptors (Lipinski definition) is 2. The zero-order valence-corrected chi connectivity index (χ0v) is 9.25. The van der Waals surface area contributed by atoms with Crippen LogP contribution in [-0.4, -0.2) is 10.9 Å². The van der Waals surface area contributed by atoms with Crippen LogP contribution in [0.5, 0.6) is 0 Å². The van der Waals surface area contributed by atoms with Gasteiger partial charge in [0.2, 0.25) is 11.7 Å². The first-order valence-corrected chi connectivity index (χ1v) is 4.70. The molecule has 1 aromatic carbocycles. The van der Waals surface area contributed by atoms with Gasteiger partial charge in [0.25, 0.3) is 0 Å². The molecule has 1 amide bonds. The lowest BCUT2D eigenvalue weighted by atomic mass is 9.96. The van der Waals surface area contributed by atoms with E-state index in [2.05, 4.69) is 12.2 Å². The number of hydrogen-bond donors (Lipinski definition) is 2. The van der Waals surface area contributed by atoms with Crippen molar-refractivity contribution in [3.8, 4) is 0 Å². The molecule has 0 aromatic heterocycles. The first-order chi connectivity index (χ1) is 8.20. The van der Waals surface area contributed by atoms with Crippen LogP contribution in [0.15, 0.2) is 0 Å². The number of amides is 1. The Bertz CT molecular complexity index is 505. The van der Waals surface area contributed by atoms with Gasteiger partial charge in [0.1, 0.15) is 5.92 Å². The number of benzene rings is 1. The Morgan fingerprint density at radius 1 is 0.889 bits per heavy atom. The largest absolute Gasteiger partial charge is 0.392 e. The van der Waals surface area contributed by atoms with Crippen LogP contribution in [0.1, 0.15) is 11.5 Å². The Labute approximate surface area is 103 Å². The summed E-state index contributed by atoms with van der Waals surface area (Å²) in [6.07, 6.45) is 0. The summed E-state index contributed by atoms with van der Waals surface area (Å²) in [5.41, 5.74) is 8.32. The van der Waals surface area contributed by atoms with Crippen molar-refractivity contribution in [2.75, 3.05) is 0 Å². The number of halogens is 5. The summed E-state index contributed by atoms with van der Waals surface area (Å²) < 4.78 is 65.2. The second-order valence-corrected chi connectivity index (χ2v) is 3.69. The zero-order valence-electron chi connectivity index (χ0n) is 8.44. The van der Waals surface area contributed by atoms with Crippen LogP contribution >= 0.6 is 12.2 Å². The van der Waals surface area contributed by atoms with E-state index in [0.29, 0.717) is 0 Å². The highest BCUT2D eigenvalue weighted by Crippen LogP contribution is 2.29. The topological polar surface area (TPSA) is 69.1 Å². The van der Waals surface area contributed by atoms with Crippen molar-refractivity contribution in [3.05, 3.63) is 34.6 Å². The molecule has 0 bridgehead atoms. The van der Waals surface area contributed by atoms with Crippen LogP contribution in [0.4, 0.5) is 22.0 Å². The summed E-state index contributed by atoms with van der Waals surface area (Å²) >= 11 is 4.32. The summed E-state index contributed by atoms with van der Waals surface area (Å²) in [7, 11) is 0. The number of carbonyl (C=O) groups is 1. The highest BCUT2D eigenvalue weighted by molar-refractivity contribution is 7.80. The van der Waals surface area contributed by atoms with Crippen LogP contribution in [0.2, 0.25) is 0 Å². The van der Waals surface area contributed by atoms with E-state index in [1.807, 2.05) is 0 Å². The maximum Gasteiger partial charge on any atom is 0.232 e. The Balaban J connectivity index is 3.69. The highest BCUT2D eigenvalue weighted by Gasteiger charge is 2.34. The molecule has 0 spiro atoms. The van der Waals surface area contributed by atoms with Crippen molar-refractivity contribution >= 4 is 23.1 Å². The minimum absolute atomic E-state index is 0.800. The van der Waals surface area contributed by atoms with Gasteiger partial charge < -0.3 is 11.5 Å². The van der Waals surface area contributed by atoms with Gasteiger partial charge in [-0.25, -0.2) is 22.0 Å². The van der Waals surface area contributed by atoms with Crippen LogP contribution in [0.3, 0.4) is 0 Å². The van der Waals surface area contributed by atoms with E-state index in [9.17, 15) is 26.7 Å². The van der Waals surface area contributed by atoms with Crippen molar-refractivity contribution in [3.63, 3.8) is 0 Å². The highest BCUT2D eigenvalue weighted by atomic mass is 32.1. The average molecular weight is 284 g/mol. The molecule has 9 heteroatoms. The maximum atomic E-state index is 13.3. The first-order valence-electron chi connectivity index (χ1n) is 4.30. The SMILES string of the molecule is NC(=O)C(C(N)=S)c1c(F)c(F)c(F)c(F)c1F. The van der Waals surface area contributed by atoms with Crippen LogP contribution in [0.25, 0.3) is 0 Å². The van der Waals surface area contributed by atoms with Crippen LogP contribution < -0.4 is 11.5 Å². The third-order valence-electron chi connectivity index (χ3n) is 2.10. The molecule has 98 valence electrons. The molecule has 4 N–H and O–H groups in total. The van der Waals surface area contributed by atoms with Crippen LogP contribution in [0, 0.1) is 29.1 Å². The Morgan fingerprint density at radius 3 is 1.50 bits per heavy atom. The fourth-order valence-electron chi connectivity index (χ4n) is 1.30. The molecule has 1 aromatic rings. The minimum Gasteiger partial charge on any atom is -0.392 e. The summed E-state index contributed by atoms with van der Waals surface area (Å²) in [5.74, 6) is -14.6. The third kappa shape index (κ3) is 2.13. The second-order valence-electron chi connectivity index (χ2n) is 3.22. The Hall–Kier alpha value is -1.77. The molecule has 0 saturated heterocycles. The molecule has 0 aliphatic heterocycles. The van der Waals surface area contributed by atoms with E-state index in [4.69, 9.17) is 11.5 Å². The molecule has 0 fully saturated rings. The number of thiocarbonyl (C=S) groups is 1. The Kier molecular flexibility index (Phi) is 3.85. The van der Waals surface area contributed by atoms with Crippen molar-refractivity contribution in [2.24, 2.45) is 11.5 Å². The fourth-order valence-corrected chi connectivity index (χ4v) is 1.53. The zero-order chi connectivity index (χ0) is 14.2. The van der Waals surface area contributed by atoms with E-state index < -0.39 is 51.5 Å². The molecule has 0 saturated carbocycles. The molecule has 0 aliphatic rings. The predicted molar refractivity (Wildman–Crippen MR) is 55.0 cm³/mol. The smallest absolute Gasteiger partial charge is 0.232 e.